The van der Waals surface area contributed by atoms with Crippen LogP contribution in [0.3, 0.4) is 0 Å². The van der Waals surface area contributed by atoms with Gasteiger partial charge in [-0.05, 0) is 42.5 Å². The molecular formula is C13H13F2NO. The molecule has 2 nitrogen and oxygen atoms in total. The number of benzene rings is 1. The van der Waals surface area contributed by atoms with Gasteiger partial charge in [0.2, 0.25) is 0 Å². The zero-order valence-electron chi connectivity index (χ0n) is 9.25. The third-order valence-electron chi connectivity index (χ3n) is 3.46. The molecule has 0 aliphatic heterocycles. The number of nitrogens with one attached hydrogen (secondary N) is 1. The minimum atomic E-state index is -2.77. The molecule has 1 aromatic heterocycles. The molecule has 0 atom stereocenters. The van der Waals surface area contributed by atoms with Crippen molar-refractivity contribution in [3.63, 3.8) is 0 Å². The molecule has 0 spiro atoms. The number of ether oxygens (including phenoxy) is 1. The minimum absolute atomic E-state index is 0.229. The average Bonchev–Trinajstić information content (AvgIpc) is 2.58. The van der Waals surface area contributed by atoms with E-state index in [0.717, 1.165) is 10.9 Å². The summed E-state index contributed by atoms with van der Waals surface area (Å²) in [5.41, 5.74) is 2.21. The maximum absolute atomic E-state index is 12.2. The maximum Gasteiger partial charge on any atom is 0.387 e. The number of hydrogen-bond donors (Lipinski definition) is 1. The van der Waals surface area contributed by atoms with Crippen molar-refractivity contribution in [1.82, 2.24) is 4.98 Å². The summed E-state index contributed by atoms with van der Waals surface area (Å²) in [7, 11) is 0. The highest BCUT2D eigenvalue weighted by molar-refractivity contribution is 5.85. The van der Waals surface area contributed by atoms with Gasteiger partial charge >= 0.3 is 6.61 Å². The molecule has 3 rings (SSSR count). The Labute approximate surface area is 97.6 Å². The van der Waals surface area contributed by atoms with Crippen LogP contribution < -0.4 is 4.74 Å². The lowest BCUT2D eigenvalue weighted by molar-refractivity contribution is -0.0497. The van der Waals surface area contributed by atoms with Crippen molar-refractivity contribution in [2.75, 3.05) is 0 Å². The van der Waals surface area contributed by atoms with E-state index in [-0.39, 0.29) is 5.75 Å². The third kappa shape index (κ3) is 1.88. The SMILES string of the molecule is FC(F)Oc1ccc2[nH]cc(C3CCC3)c2c1. The lowest BCUT2D eigenvalue weighted by Crippen LogP contribution is -2.08. The van der Waals surface area contributed by atoms with Gasteiger partial charge in [0.05, 0.1) is 0 Å². The van der Waals surface area contributed by atoms with E-state index >= 15 is 0 Å². The fourth-order valence-electron chi connectivity index (χ4n) is 2.35. The largest absolute Gasteiger partial charge is 0.435 e. The van der Waals surface area contributed by atoms with Gasteiger partial charge in [-0.1, -0.05) is 6.42 Å². The van der Waals surface area contributed by atoms with Crippen molar-refractivity contribution in [3.8, 4) is 5.75 Å². The molecule has 4 heteroatoms. The van der Waals surface area contributed by atoms with Crippen molar-refractivity contribution < 1.29 is 13.5 Å². The summed E-state index contributed by atoms with van der Waals surface area (Å²) >= 11 is 0. The fraction of sp³-hybridized carbons (Fsp3) is 0.385. The second-order valence-electron chi connectivity index (χ2n) is 4.46. The van der Waals surface area contributed by atoms with Crippen molar-refractivity contribution in [1.29, 1.82) is 0 Å². The molecule has 0 radical (unpaired) electrons. The van der Waals surface area contributed by atoms with E-state index in [1.807, 2.05) is 6.20 Å². The number of alkyl halides is 2. The van der Waals surface area contributed by atoms with Gasteiger partial charge in [0, 0.05) is 17.1 Å². The summed E-state index contributed by atoms with van der Waals surface area (Å²) in [6, 6.07) is 5.05. The predicted octanol–water partition coefficient (Wildman–Crippen LogP) is 4.04. The second kappa shape index (κ2) is 4.02. The van der Waals surface area contributed by atoms with Crippen LogP contribution in [0.4, 0.5) is 8.78 Å². The number of H-pyrrole nitrogens is 1. The van der Waals surface area contributed by atoms with E-state index in [0.29, 0.717) is 5.92 Å². The van der Waals surface area contributed by atoms with E-state index in [9.17, 15) is 8.78 Å². The van der Waals surface area contributed by atoms with Gasteiger partial charge in [-0.2, -0.15) is 8.78 Å². The highest BCUT2D eigenvalue weighted by atomic mass is 19.3. The zero-order valence-corrected chi connectivity index (χ0v) is 9.25. The van der Waals surface area contributed by atoms with E-state index in [4.69, 9.17) is 0 Å². The second-order valence-corrected chi connectivity index (χ2v) is 4.46. The molecule has 0 unspecified atom stereocenters. The Morgan fingerprint density at radius 1 is 1.29 bits per heavy atom. The molecule has 0 saturated heterocycles. The standard InChI is InChI=1S/C13H13F2NO/c14-13(15)17-9-4-5-12-10(6-9)11(7-16-12)8-2-1-3-8/h4-8,13,16H,1-3H2. The van der Waals surface area contributed by atoms with Gasteiger partial charge < -0.3 is 9.72 Å². The first-order chi connectivity index (χ1) is 8.24. The van der Waals surface area contributed by atoms with Gasteiger partial charge in [-0.3, -0.25) is 0 Å². The van der Waals surface area contributed by atoms with Gasteiger partial charge in [-0.15, -0.1) is 0 Å². The predicted molar refractivity (Wildman–Crippen MR) is 61.5 cm³/mol. The third-order valence-corrected chi connectivity index (χ3v) is 3.46. The monoisotopic (exact) mass is 237 g/mol. The molecule has 1 aliphatic carbocycles. The minimum Gasteiger partial charge on any atom is -0.435 e. The summed E-state index contributed by atoms with van der Waals surface area (Å²) in [5, 5.41) is 1.01. The smallest absolute Gasteiger partial charge is 0.387 e. The van der Waals surface area contributed by atoms with Crippen LogP contribution in [0.2, 0.25) is 0 Å². The van der Waals surface area contributed by atoms with E-state index in [2.05, 4.69) is 9.72 Å². The lowest BCUT2D eigenvalue weighted by Gasteiger charge is -2.24. The maximum atomic E-state index is 12.2. The number of aromatic nitrogens is 1. The van der Waals surface area contributed by atoms with Crippen LogP contribution in [-0.2, 0) is 0 Å². The van der Waals surface area contributed by atoms with Crippen LogP contribution in [0.1, 0.15) is 30.7 Å². The number of rotatable bonds is 3. The van der Waals surface area contributed by atoms with Crippen molar-refractivity contribution in [2.45, 2.75) is 31.8 Å². The van der Waals surface area contributed by atoms with Crippen LogP contribution in [0, 0.1) is 0 Å². The highest BCUT2D eigenvalue weighted by Crippen LogP contribution is 2.40. The molecule has 1 fully saturated rings. The first-order valence-corrected chi connectivity index (χ1v) is 5.80. The fourth-order valence-corrected chi connectivity index (χ4v) is 2.35. The Balaban J connectivity index is 2.00. The Bertz CT molecular complexity index is 531. The summed E-state index contributed by atoms with van der Waals surface area (Å²) in [6.07, 6.45) is 5.62. The van der Waals surface area contributed by atoms with Gasteiger partial charge in [0.1, 0.15) is 5.75 Å². The number of halogens is 2. The molecule has 90 valence electrons. The summed E-state index contributed by atoms with van der Waals surface area (Å²) in [4.78, 5) is 3.17. The van der Waals surface area contributed by atoms with Crippen LogP contribution in [-0.4, -0.2) is 11.6 Å². The quantitative estimate of drug-likeness (QED) is 0.856. The van der Waals surface area contributed by atoms with E-state index in [1.54, 1.807) is 18.2 Å². The Morgan fingerprint density at radius 2 is 2.12 bits per heavy atom. The highest BCUT2D eigenvalue weighted by Gasteiger charge is 2.22. The molecule has 1 N–H and O–H groups in total. The van der Waals surface area contributed by atoms with Crippen molar-refractivity contribution in [3.05, 3.63) is 30.0 Å². The van der Waals surface area contributed by atoms with E-state index in [1.165, 1.54) is 24.8 Å². The number of aromatic amines is 1. The average molecular weight is 237 g/mol. The van der Waals surface area contributed by atoms with Gasteiger partial charge in [0.15, 0.2) is 0 Å². The molecular weight excluding hydrogens is 224 g/mol. The molecule has 1 heterocycles. The van der Waals surface area contributed by atoms with Crippen molar-refractivity contribution >= 4 is 10.9 Å². The summed E-state index contributed by atoms with van der Waals surface area (Å²) < 4.78 is 28.7. The first-order valence-electron chi connectivity index (χ1n) is 5.80. The molecule has 0 bridgehead atoms. The number of fused-ring (bicyclic) bond motifs is 1. The summed E-state index contributed by atoms with van der Waals surface area (Å²) in [6.45, 7) is -2.77. The van der Waals surface area contributed by atoms with Crippen LogP contribution >= 0.6 is 0 Å². The van der Waals surface area contributed by atoms with Gasteiger partial charge in [0.25, 0.3) is 0 Å². The normalized spacial score (nSPS) is 16.4. The zero-order chi connectivity index (χ0) is 11.8. The van der Waals surface area contributed by atoms with E-state index < -0.39 is 6.61 Å². The molecule has 1 aromatic carbocycles. The lowest BCUT2D eigenvalue weighted by atomic mass is 9.80. The molecule has 17 heavy (non-hydrogen) atoms. The van der Waals surface area contributed by atoms with Crippen LogP contribution in [0.5, 0.6) is 5.75 Å². The Kier molecular flexibility index (Phi) is 2.50. The summed E-state index contributed by atoms with van der Waals surface area (Å²) in [5.74, 6) is 0.804. The molecule has 1 aliphatic rings. The van der Waals surface area contributed by atoms with Crippen LogP contribution in [0.15, 0.2) is 24.4 Å². The van der Waals surface area contributed by atoms with Gasteiger partial charge in [-0.25, -0.2) is 0 Å². The Hall–Kier alpha value is -1.58. The van der Waals surface area contributed by atoms with Crippen molar-refractivity contribution in [2.24, 2.45) is 0 Å². The topological polar surface area (TPSA) is 25.0 Å². The van der Waals surface area contributed by atoms with Crippen LogP contribution in [0.25, 0.3) is 10.9 Å². The number of hydrogen-bond acceptors (Lipinski definition) is 1. The molecule has 0 amide bonds. The Morgan fingerprint density at radius 3 is 2.76 bits per heavy atom. The first kappa shape index (κ1) is 10.6. The molecule has 1 saturated carbocycles. The molecule has 2 aromatic rings.